The normalized spacial score (nSPS) is 16.9. The number of ether oxygens (including phenoxy) is 2. The molecule has 1 aromatic carbocycles. The van der Waals surface area contributed by atoms with E-state index in [1.165, 1.54) is 11.3 Å². The van der Waals surface area contributed by atoms with Crippen molar-refractivity contribution in [3.63, 3.8) is 0 Å². The lowest BCUT2D eigenvalue weighted by Gasteiger charge is -2.25. The number of benzene rings is 1. The Morgan fingerprint density at radius 1 is 1.40 bits per heavy atom. The Morgan fingerprint density at radius 3 is 2.92 bits per heavy atom. The van der Waals surface area contributed by atoms with E-state index in [2.05, 4.69) is 10.3 Å². The van der Waals surface area contributed by atoms with Crippen LogP contribution >= 0.6 is 11.3 Å². The van der Waals surface area contributed by atoms with E-state index in [1.807, 2.05) is 36.6 Å². The van der Waals surface area contributed by atoms with Gasteiger partial charge in [-0.1, -0.05) is 12.1 Å². The van der Waals surface area contributed by atoms with E-state index in [0.717, 1.165) is 11.3 Å². The van der Waals surface area contributed by atoms with Gasteiger partial charge in [-0.25, -0.2) is 9.78 Å². The van der Waals surface area contributed by atoms with Crippen molar-refractivity contribution in [2.24, 2.45) is 4.99 Å². The number of aromatic nitrogens is 1. The summed E-state index contributed by atoms with van der Waals surface area (Å²) in [6.07, 6.45) is 0. The largest absolute Gasteiger partial charge is 0.497 e. The molecular formula is C18H19N3O3S. The van der Waals surface area contributed by atoms with E-state index in [9.17, 15) is 4.79 Å². The van der Waals surface area contributed by atoms with E-state index in [1.54, 1.807) is 19.5 Å². The van der Waals surface area contributed by atoms with Gasteiger partial charge in [-0.3, -0.25) is 4.99 Å². The van der Waals surface area contributed by atoms with E-state index < -0.39 is 6.04 Å². The number of hydrogen-bond acceptors (Lipinski definition) is 7. The lowest BCUT2D eigenvalue weighted by atomic mass is 9.95. The molecule has 0 fully saturated rings. The third-order valence-corrected chi connectivity index (χ3v) is 4.41. The van der Waals surface area contributed by atoms with Gasteiger partial charge in [0.05, 0.1) is 24.8 Å². The fourth-order valence-electron chi connectivity index (χ4n) is 2.66. The second-order valence-electron chi connectivity index (χ2n) is 5.41. The first-order valence-corrected chi connectivity index (χ1v) is 8.83. The molecule has 0 aliphatic carbocycles. The molecule has 7 heteroatoms. The van der Waals surface area contributed by atoms with Gasteiger partial charge < -0.3 is 14.8 Å². The molecule has 25 heavy (non-hydrogen) atoms. The summed E-state index contributed by atoms with van der Waals surface area (Å²) in [7, 11) is 1.61. The molecule has 0 spiro atoms. The van der Waals surface area contributed by atoms with Crippen LogP contribution in [0.4, 0.5) is 0 Å². The molecule has 0 amide bonds. The molecular weight excluding hydrogens is 338 g/mol. The number of nitrogens with zero attached hydrogens (tertiary/aromatic N) is 2. The van der Waals surface area contributed by atoms with Crippen molar-refractivity contribution < 1.29 is 14.3 Å². The Kier molecular flexibility index (Phi) is 5.14. The van der Waals surface area contributed by atoms with Crippen molar-refractivity contribution in [2.45, 2.75) is 19.9 Å². The molecule has 130 valence electrons. The molecule has 6 nitrogen and oxygen atoms in total. The topological polar surface area (TPSA) is 72.8 Å². The monoisotopic (exact) mass is 357 g/mol. The number of carbonyl (C=O) groups is 1. The Balaban J connectivity index is 2.08. The summed E-state index contributed by atoms with van der Waals surface area (Å²) in [5.41, 5.74) is 4.56. The number of esters is 1. The van der Waals surface area contributed by atoms with Crippen LogP contribution in [-0.2, 0) is 9.53 Å². The van der Waals surface area contributed by atoms with Gasteiger partial charge in [-0.2, -0.15) is 0 Å². The number of thiazole rings is 1. The third-order valence-electron chi connectivity index (χ3n) is 3.82. The van der Waals surface area contributed by atoms with Crippen LogP contribution in [-0.4, -0.2) is 30.5 Å². The van der Waals surface area contributed by atoms with Crippen LogP contribution in [0, 0.1) is 0 Å². The van der Waals surface area contributed by atoms with Crippen molar-refractivity contribution >= 4 is 23.1 Å². The molecule has 1 unspecified atom stereocenters. The van der Waals surface area contributed by atoms with Crippen LogP contribution in [0.2, 0.25) is 0 Å². The molecule has 2 heterocycles. The number of methoxy groups -OCH3 is 1. The van der Waals surface area contributed by atoms with Crippen LogP contribution in [0.25, 0.3) is 0 Å². The summed E-state index contributed by atoms with van der Waals surface area (Å²) in [5, 5.41) is 5.09. The van der Waals surface area contributed by atoms with Crippen LogP contribution in [0.5, 0.6) is 5.75 Å². The molecule has 1 aliphatic rings. The molecule has 1 aliphatic heterocycles. The maximum Gasteiger partial charge on any atom is 0.338 e. The highest BCUT2D eigenvalue weighted by Crippen LogP contribution is 2.33. The first-order chi connectivity index (χ1) is 12.1. The molecule has 1 atom stereocenters. The second-order valence-corrected chi connectivity index (χ2v) is 6.13. The molecule has 1 N–H and O–H groups in total. The molecule has 3 rings (SSSR count). The lowest BCUT2D eigenvalue weighted by molar-refractivity contribution is -0.138. The summed E-state index contributed by atoms with van der Waals surface area (Å²) in [5.74, 6) is 0.975. The summed E-state index contributed by atoms with van der Waals surface area (Å²) >= 11 is 1.49. The minimum absolute atomic E-state index is 0.309. The summed E-state index contributed by atoms with van der Waals surface area (Å²) in [4.78, 5) is 21.6. The summed E-state index contributed by atoms with van der Waals surface area (Å²) in [6.45, 7) is 3.94. The summed E-state index contributed by atoms with van der Waals surface area (Å²) in [6, 6.07) is 7.06. The second kappa shape index (κ2) is 7.48. The predicted molar refractivity (Wildman–Crippen MR) is 96.9 cm³/mol. The predicted octanol–water partition coefficient (Wildman–Crippen LogP) is 3.08. The first-order valence-electron chi connectivity index (χ1n) is 7.89. The van der Waals surface area contributed by atoms with E-state index in [-0.39, 0.29) is 5.97 Å². The van der Waals surface area contributed by atoms with Gasteiger partial charge >= 0.3 is 5.97 Å². The van der Waals surface area contributed by atoms with Gasteiger partial charge in [0.2, 0.25) is 0 Å². The number of nitrogens with one attached hydrogen (secondary N) is 1. The fourth-order valence-corrected chi connectivity index (χ4v) is 3.20. The van der Waals surface area contributed by atoms with Crippen molar-refractivity contribution in [3.8, 4) is 5.75 Å². The minimum Gasteiger partial charge on any atom is -0.497 e. The highest BCUT2D eigenvalue weighted by atomic mass is 32.1. The van der Waals surface area contributed by atoms with Crippen molar-refractivity contribution in [1.82, 2.24) is 10.3 Å². The first kappa shape index (κ1) is 17.2. The molecule has 0 saturated heterocycles. The van der Waals surface area contributed by atoms with Crippen LogP contribution in [0.3, 0.4) is 0 Å². The quantitative estimate of drug-likeness (QED) is 0.833. The Bertz CT molecular complexity index is 828. The maximum atomic E-state index is 12.5. The van der Waals surface area contributed by atoms with Crippen LogP contribution < -0.4 is 10.1 Å². The fraction of sp³-hybridized carbons (Fsp3) is 0.278. The van der Waals surface area contributed by atoms with Gasteiger partial charge in [0.25, 0.3) is 0 Å². The van der Waals surface area contributed by atoms with E-state index in [0.29, 0.717) is 29.5 Å². The zero-order valence-electron chi connectivity index (χ0n) is 14.3. The lowest BCUT2D eigenvalue weighted by Crippen LogP contribution is -2.33. The van der Waals surface area contributed by atoms with Crippen LogP contribution in [0.1, 0.15) is 31.1 Å². The van der Waals surface area contributed by atoms with Gasteiger partial charge in [0.15, 0.2) is 5.84 Å². The van der Waals surface area contributed by atoms with Gasteiger partial charge in [0, 0.05) is 11.1 Å². The number of amidine groups is 1. The van der Waals surface area contributed by atoms with Gasteiger partial charge in [0.1, 0.15) is 17.5 Å². The number of carbonyl (C=O) groups excluding carboxylic acids is 1. The highest BCUT2D eigenvalue weighted by molar-refractivity contribution is 7.07. The van der Waals surface area contributed by atoms with Crippen molar-refractivity contribution in [3.05, 3.63) is 57.7 Å². The number of allylic oxidation sites excluding steroid dienone is 1. The zero-order valence-corrected chi connectivity index (χ0v) is 15.1. The molecule has 0 saturated carbocycles. The minimum atomic E-state index is -0.480. The Labute approximate surface area is 150 Å². The Morgan fingerprint density at radius 2 is 2.24 bits per heavy atom. The van der Waals surface area contributed by atoms with E-state index >= 15 is 0 Å². The van der Waals surface area contributed by atoms with Crippen molar-refractivity contribution in [2.75, 3.05) is 13.7 Å². The SMILES string of the molecule is CCOC(=O)C1=C(C)NC(c2cscn2)=NC1c1cccc(OC)c1. The molecule has 2 aromatic rings. The standard InChI is InChI=1S/C18H19N3O3S/c1-4-24-18(22)15-11(2)20-17(14-9-25-10-19-14)21-16(15)12-6-5-7-13(8-12)23-3/h5-10,16H,4H2,1-3H3,(H,20,21). The van der Waals surface area contributed by atoms with Gasteiger partial charge in [-0.05, 0) is 31.5 Å². The number of rotatable bonds is 5. The average molecular weight is 357 g/mol. The van der Waals surface area contributed by atoms with E-state index in [4.69, 9.17) is 14.5 Å². The average Bonchev–Trinajstić information content (AvgIpc) is 3.16. The Hall–Kier alpha value is -2.67. The molecule has 1 aromatic heterocycles. The molecule has 0 bridgehead atoms. The number of aliphatic imine (C=N–C) groups is 1. The highest BCUT2D eigenvalue weighted by Gasteiger charge is 2.31. The smallest absolute Gasteiger partial charge is 0.338 e. The van der Waals surface area contributed by atoms with Crippen LogP contribution in [0.15, 0.2) is 51.4 Å². The van der Waals surface area contributed by atoms with Gasteiger partial charge in [-0.15, -0.1) is 11.3 Å². The maximum absolute atomic E-state index is 12.5. The summed E-state index contributed by atoms with van der Waals surface area (Å²) < 4.78 is 10.5. The number of hydrogen-bond donors (Lipinski definition) is 1. The zero-order chi connectivity index (χ0) is 17.8. The molecule has 0 radical (unpaired) electrons. The third kappa shape index (κ3) is 3.56. The van der Waals surface area contributed by atoms with Crippen molar-refractivity contribution in [1.29, 1.82) is 0 Å².